The highest BCUT2D eigenvalue weighted by Crippen LogP contribution is 2.26. The van der Waals surface area contributed by atoms with E-state index in [0.29, 0.717) is 19.6 Å². The molecule has 0 radical (unpaired) electrons. The molecule has 0 bridgehead atoms. The molecule has 1 unspecified atom stereocenters. The van der Waals surface area contributed by atoms with Gasteiger partial charge in [0.15, 0.2) is 0 Å². The average molecular weight is 295 g/mol. The van der Waals surface area contributed by atoms with Crippen molar-refractivity contribution in [2.24, 2.45) is 0 Å². The van der Waals surface area contributed by atoms with Crippen LogP contribution in [0, 0.1) is 6.92 Å². The Labute approximate surface area is 123 Å². The predicted molar refractivity (Wildman–Crippen MR) is 80.0 cm³/mol. The minimum atomic E-state index is -0.205. The molecule has 2 aromatic rings. The number of alkyl halides is 1. The van der Waals surface area contributed by atoms with Crippen LogP contribution < -0.4 is 0 Å². The van der Waals surface area contributed by atoms with E-state index < -0.39 is 0 Å². The number of fused-ring (bicyclic) bond motifs is 1. The topological polar surface area (TPSA) is 44.1 Å². The number of hydrogen-bond donors (Lipinski definition) is 0. The fraction of sp³-hybridized carbons (Fsp3) is 0.467. The Morgan fingerprint density at radius 1 is 1.50 bits per heavy atom. The second-order valence-corrected chi connectivity index (χ2v) is 5.39. The zero-order valence-corrected chi connectivity index (χ0v) is 12.8. The van der Waals surface area contributed by atoms with E-state index in [1.54, 1.807) is 6.92 Å². The summed E-state index contributed by atoms with van der Waals surface area (Å²) in [7, 11) is 0. The molecule has 0 aliphatic rings. The van der Waals surface area contributed by atoms with Gasteiger partial charge in [-0.05, 0) is 32.4 Å². The van der Waals surface area contributed by atoms with Crippen molar-refractivity contribution in [2.75, 3.05) is 6.61 Å². The summed E-state index contributed by atoms with van der Waals surface area (Å²) in [4.78, 5) is 16.1. The Balaban J connectivity index is 2.37. The summed E-state index contributed by atoms with van der Waals surface area (Å²) in [6, 6.07) is 6.01. The lowest BCUT2D eigenvalue weighted by molar-refractivity contribution is -0.143. The molecular weight excluding hydrogens is 276 g/mol. The van der Waals surface area contributed by atoms with Gasteiger partial charge in [0.05, 0.1) is 29.4 Å². The summed E-state index contributed by atoms with van der Waals surface area (Å²) in [5.74, 6) is 0.593. The van der Waals surface area contributed by atoms with E-state index in [0.717, 1.165) is 22.4 Å². The first-order chi connectivity index (χ1) is 9.54. The maximum atomic E-state index is 11.5. The van der Waals surface area contributed by atoms with Crippen molar-refractivity contribution < 1.29 is 9.53 Å². The summed E-state index contributed by atoms with van der Waals surface area (Å²) in [6.45, 7) is 6.65. The molecule has 0 fully saturated rings. The Kier molecular flexibility index (Phi) is 4.65. The molecule has 0 spiro atoms. The number of aromatic nitrogens is 2. The van der Waals surface area contributed by atoms with E-state index in [4.69, 9.17) is 16.3 Å². The van der Waals surface area contributed by atoms with Crippen LogP contribution in [0.4, 0.5) is 0 Å². The maximum absolute atomic E-state index is 11.5. The summed E-state index contributed by atoms with van der Waals surface area (Å²) in [5.41, 5.74) is 3.06. The molecule has 0 N–H and O–H groups in total. The summed E-state index contributed by atoms with van der Waals surface area (Å²) >= 11 is 6.21. The molecule has 0 amide bonds. The number of rotatable bonds is 5. The smallest absolute Gasteiger partial charge is 0.307 e. The van der Waals surface area contributed by atoms with Crippen molar-refractivity contribution in [1.29, 1.82) is 0 Å². The number of aryl methyl sites for hydroxylation is 2. The van der Waals surface area contributed by atoms with Gasteiger partial charge in [0.1, 0.15) is 5.82 Å². The fourth-order valence-electron chi connectivity index (χ4n) is 2.28. The van der Waals surface area contributed by atoms with Crippen molar-refractivity contribution in [1.82, 2.24) is 9.55 Å². The van der Waals surface area contributed by atoms with Gasteiger partial charge in [-0.15, -0.1) is 11.6 Å². The molecule has 20 heavy (non-hydrogen) atoms. The summed E-state index contributed by atoms with van der Waals surface area (Å²) in [6.07, 6.45) is 0.323. The van der Waals surface area contributed by atoms with Gasteiger partial charge in [0, 0.05) is 6.54 Å². The van der Waals surface area contributed by atoms with Gasteiger partial charge in [-0.3, -0.25) is 4.79 Å². The van der Waals surface area contributed by atoms with Crippen LogP contribution >= 0.6 is 11.6 Å². The third kappa shape index (κ3) is 2.96. The number of ether oxygens (including phenoxy) is 1. The first-order valence-electron chi connectivity index (χ1n) is 6.80. The van der Waals surface area contributed by atoms with Crippen LogP contribution in [0.2, 0.25) is 0 Å². The Morgan fingerprint density at radius 2 is 2.25 bits per heavy atom. The van der Waals surface area contributed by atoms with E-state index in [1.807, 2.05) is 36.6 Å². The Bertz CT molecular complexity index is 620. The van der Waals surface area contributed by atoms with Crippen LogP contribution in [0.15, 0.2) is 18.2 Å². The lowest BCUT2D eigenvalue weighted by Crippen LogP contribution is -2.11. The van der Waals surface area contributed by atoms with Crippen LogP contribution in [0.5, 0.6) is 0 Å². The van der Waals surface area contributed by atoms with E-state index in [1.165, 1.54) is 0 Å². The van der Waals surface area contributed by atoms with E-state index in [-0.39, 0.29) is 11.3 Å². The third-order valence-electron chi connectivity index (χ3n) is 3.21. The van der Waals surface area contributed by atoms with Gasteiger partial charge in [-0.25, -0.2) is 4.98 Å². The maximum Gasteiger partial charge on any atom is 0.307 e. The number of nitrogens with zero attached hydrogens (tertiary/aromatic N) is 2. The molecule has 0 aliphatic carbocycles. The number of imidazole rings is 1. The number of halogens is 1. The first kappa shape index (κ1) is 14.9. The van der Waals surface area contributed by atoms with Crippen molar-refractivity contribution in [2.45, 2.75) is 39.1 Å². The lowest BCUT2D eigenvalue weighted by atomic mass is 10.2. The molecule has 0 saturated carbocycles. The van der Waals surface area contributed by atoms with Crippen LogP contribution in [0.3, 0.4) is 0 Å². The number of para-hydroxylation sites is 1. The minimum Gasteiger partial charge on any atom is -0.466 e. The molecule has 0 aliphatic heterocycles. The normalized spacial score (nSPS) is 12.6. The number of hydrogen-bond acceptors (Lipinski definition) is 3. The molecule has 1 heterocycles. The zero-order valence-electron chi connectivity index (χ0n) is 12.0. The number of carbonyl (C=O) groups is 1. The molecular formula is C15H19ClN2O2. The van der Waals surface area contributed by atoms with E-state index in [2.05, 4.69) is 4.98 Å². The number of carbonyl (C=O) groups excluding carboxylic acids is 1. The summed E-state index contributed by atoms with van der Waals surface area (Å²) in [5, 5.41) is -0.205. The Hall–Kier alpha value is -1.55. The molecule has 1 atom stereocenters. The van der Waals surface area contributed by atoms with Crippen molar-refractivity contribution in [3.05, 3.63) is 29.6 Å². The second-order valence-electron chi connectivity index (χ2n) is 4.74. The SMILES string of the molecule is CCOC(=O)CCn1c(C(C)Cl)nc2c(C)cccc21. The monoisotopic (exact) mass is 294 g/mol. The molecule has 2 rings (SSSR count). The zero-order chi connectivity index (χ0) is 14.7. The highest BCUT2D eigenvalue weighted by molar-refractivity contribution is 6.20. The minimum absolute atomic E-state index is 0.199. The van der Waals surface area contributed by atoms with Crippen LogP contribution in [0.1, 0.15) is 37.0 Å². The average Bonchev–Trinajstić information content (AvgIpc) is 2.77. The largest absolute Gasteiger partial charge is 0.466 e. The molecule has 1 aromatic carbocycles. The van der Waals surface area contributed by atoms with Crippen LogP contribution in [-0.4, -0.2) is 22.1 Å². The molecule has 4 nitrogen and oxygen atoms in total. The second kappa shape index (κ2) is 6.27. The first-order valence-corrected chi connectivity index (χ1v) is 7.23. The molecule has 1 aromatic heterocycles. The molecule has 5 heteroatoms. The fourth-order valence-corrected chi connectivity index (χ4v) is 2.45. The van der Waals surface area contributed by atoms with Crippen LogP contribution in [0.25, 0.3) is 11.0 Å². The van der Waals surface area contributed by atoms with Gasteiger partial charge in [0.2, 0.25) is 0 Å². The van der Waals surface area contributed by atoms with Gasteiger partial charge in [0.25, 0.3) is 0 Å². The number of benzene rings is 1. The number of esters is 1. The highest BCUT2D eigenvalue weighted by atomic mass is 35.5. The van der Waals surface area contributed by atoms with Gasteiger partial charge >= 0.3 is 5.97 Å². The van der Waals surface area contributed by atoms with Gasteiger partial charge in [-0.1, -0.05) is 12.1 Å². The van der Waals surface area contributed by atoms with Crippen LogP contribution in [-0.2, 0) is 16.1 Å². The van der Waals surface area contributed by atoms with Gasteiger partial charge in [-0.2, -0.15) is 0 Å². The van der Waals surface area contributed by atoms with Crippen molar-refractivity contribution >= 4 is 28.6 Å². The van der Waals surface area contributed by atoms with E-state index in [9.17, 15) is 4.79 Å². The lowest BCUT2D eigenvalue weighted by Gasteiger charge is -2.10. The standard InChI is InChI=1S/C15H19ClN2O2/c1-4-20-13(19)8-9-18-12-7-5-6-10(2)14(12)17-15(18)11(3)16/h5-7,11H,4,8-9H2,1-3H3. The van der Waals surface area contributed by atoms with Crippen molar-refractivity contribution in [3.8, 4) is 0 Å². The third-order valence-corrected chi connectivity index (χ3v) is 3.41. The summed E-state index contributed by atoms with van der Waals surface area (Å²) < 4.78 is 6.98. The molecule has 0 saturated heterocycles. The van der Waals surface area contributed by atoms with Crippen molar-refractivity contribution in [3.63, 3.8) is 0 Å². The Morgan fingerprint density at radius 3 is 2.90 bits per heavy atom. The van der Waals surface area contributed by atoms with E-state index >= 15 is 0 Å². The molecule has 108 valence electrons. The quantitative estimate of drug-likeness (QED) is 0.625. The predicted octanol–water partition coefficient (Wildman–Crippen LogP) is 3.60. The highest BCUT2D eigenvalue weighted by Gasteiger charge is 2.16. The van der Waals surface area contributed by atoms with Gasteiger partial charge < -0.3 is 9.30 Å².